The maximum Gasteiger partial charge on any atom is 0.0820 e. The number of unbranched alkanes of at least 4 members (excludes halogenated alkanes) is 1. The summed E-state index contributed by atoms with van der Waals surface area (Å²) in [6.07, 6.45) is 0.746. The van der Waals surface area contributed by atoms with Gasteiger partial charge in [0.1, 0.15) is 0 Å². The summed E-state index contributed by atoms with van der Waals surface area (Å²) in [6, 6.07) is 0. The lowest BCUT2D eigenvalue weighted by atomic mass is 10.1. The Labute approximate surface area is 60.8 Å². The highest BCUT2D eigenvalue weighted by atomic mass is 16.3. The summed E-state index contributed by atoms with van der Waals surface area (Å²) >= 11 is 0. The van der Waals surface area contributed by atoms with Gasteiger partial charge in [0.2, 0.25) is 0 Å². The molecule has 0 aliphatic rings. The second kappa shape index (κ2) is 5.61. The molecular formula is C6H16N2O2. The SMILES string of the molecule is NC(N)C(O)CCCCO. The van der Waals surface area contributed by atoms with Crippen LogP contribution in [0.2, 0.25) is 0 Å². The Kier molecular flexibility index (Phi) is 5.52. The summed E-state index contributed by atoms with van der Waals surface area (Å²) in [6.45, 7) is 0.159. The van der Waals surface area contributed by atoms with Gasteiger partial charge in [-0.1, -0.05) is 0 Å². The van der Waals surface area contributed by atoms with Crippen LogP contribution in [0.25, 0.3) is 0 Å². The molecule has 0 heterocycles. The van der Waals surface area contributed by atoms with E-state index in [1.165, 1.54) is 0 Å². The van der Waals surface area contributed by atoms with Gasteiger partial charge in [-0.25, -0.2) is 0 Å². The van der Waals surface area contributed by atoms with Crippen molar-refractivity contribution in [3.63, 3.8) is 0 Å². The van der Waals surface area contributed by atoms with E-state index in [-0.39, 0.29) is 6.61 Å². The van der Waals surface area contributed by atoms with Gasteiger partial charge in [-0.2, -0.15) is 0 Å². The number of aliphatic hydroxyl groups excluding tert-OH is 2. The number of aliphatic hydroxyl groups is 2. The van der Waals surface area contributed by atoms with Gasteiger partial charge in [-0.05, 0) is 19.3 Å². The standard InChI is InChI=1S/C6H16N2O2/c7-6(8)5(10)3-1-2-4-9/h5-6,9-10H,1-4,7-8H2. The first-order valence-corrected chi connectivity index (χ1v) is 3.48. The van der Waals surface area contributed by atoms with Crippen molar-refractivity contribution < 1.29 is 10.2 Å². The average Bonchev–Trinajstić information content (AvgIpc) is 1.88. The Hall–Kier alpha value is -0.160. The lowest BCUT2D eigenvalue weighted by Crippen LogP contribution is -2.42. The van der Waals surface area contributed by atoms with E-state index in [1.54, 1.807) is 0 Å². The fraction of sp³-hybridized carbons (Fsp3) is 1.00. The molecule has 4 nitrogen and oxygen atoms in total. The molecule has 62 valence electrons. The summed E-state index contributed by atoms with van der Waals surface area (Å²) in [4.78, 5) is 0. The normalized spacial score (nSPS) is 14.1. The number of hydrogen-bond donors (Lipinski definition) is 4. The average molecular weight is 148 g/mol. The van der Waals surface area contributed by atoms with Crippen molar-refractivity contribution in [3.05, 3.63) is 0 Å². The zero-order valence-corrected chi connectivity index (χ0v) is 6.03. The first kappa shape index (κ1) is 9.84. The maximum absolute atomic E-state index is 9.02. The molecule has 1 atom stereocenters. The van der Waals surface area contributed by atoms with Gasteiger partial charge in [-0.15, -0.1) is 0 Å². The Balaban J connectivity index is 3.13. The molecule has 0 aromatic carbocycles. The molecule has 0 amide bonds. The van der Waals surface area contributed by atoms with Crippen LogP contribution in [0.1, 0.15) is 19.3 Å². The van der Waals surface area contributed by atoms with Crippen LogP contribution in [0, 0.1) is 0 Å². The smallest absolute Gasteiger partial charge is 0.0820 e. The maximum atomic E-state index is 9.02. The van der Waals surface area contributed by atoms with Gasteiger partial charge >= 0.3 is 0 Å². The molecule has 0 aromatic rings. The summed E-state index contributed by atoms with van der Waals surface area (Å²) in [5.74, 6) is 0. The monoisotopic (exact) mass is 148 g/mol. The van der Waals surface area contributed by atoms with Crippen LogP contribution in [0.4, 0.5) is 0 Å². The molecule has 10 heavy (non-hydrogen) atoms. The molecule has 4 heteroatoms. The topological polar surface area (TPSA) is 92.5 Å². The van der Waals surface area contributed by atoms with Gasteiger partial charge in [0.05, 0.1) is 12.3 Å². The van der Waals surface area contributed by atoms with Gasteiger partial charge in [0.25, 0.3) is 0 Å². The third-order valence-corrected chi connectivity index (χ3v) is 1.35. The van der Waals surface area contributed by atoms with Crippen LogP contribution in [0.5, 0.6) is 0 Å². The van der Waals surface area contributed by atoms with Gasteiger partial charge in [-0.3, -0.25) is 0 Å². The van der Waals surface area contributed by atoms with Crippen LogP contribution in [0.3, 0.4) is 0 Å². The molecule has 0 spiro atoms. The molecule has 0 rings (SSSR count). The van der Waals surface area contributed by atoms with Crippen molar-refractivity contribution in [1.82, 2.24) is 0 Å². The van der Waals surface area contributed by atoms with E-state index in [2.05, 4.69) is 0 Å². The molecular weight excluding hydrogens is 132 g/mol. The largest absolute Gasteiger partial charge is 0.396 e. The molecule has 0 bridgehead atoms. The van der Waals surface area contributed by atoms with Crippen molar-refractivity contribution >= 4 is 0 Å². The highest BCUT2D eigenvalue weighted by molar-refractivity contribution is 4.64. The van der Waals surface area contributed by atoms with E-state index in [0.29, 0.717) is 12.8 Å². The summed E-state index contributed by atoms with van der Waals surface area (Å²) in [5.41, 5.74) is 10.4. The minimum Gasteiger partial charge on any atom is -0.396 e. The molecule has 1 unspecified atom stereocenters. The molecule has 0 saturated carbocycles. The molecule has 0 saturated heterocycles. The number of nitrogens with two attached hydrogens (primary N) is 2. The lowest BCUT2D eigenvalue weighted by molar-refractivity contribution is 0.131. The fourth-order valence-electron chi connectivity index (χ4n) is 0.658. The molecule has 0 radical (unpaired) electrons. The third-order valence-electron chi connectivity index (χ3n) is 1.35. The second-order valence-corrected chi connectivity index (χ2v) is 2.36. The van der Waals surface area contributed by atoms with E-state index in [1.807, 2.05) is 0 Å². The fourth-order valence-corrected chi connectivity index (χ4v) is 0.658. The van der Waals surface area contributed by atoms with Crippen LogP contribution < -0.4 is 11.5 Å². The molecule has 0 aliphatic carbocycles. The zero-order valence-electron chi connectivity index (χ0n) is 6.03. The Morgan fingerprint density at radius 2 is 1.80 bits per heavy atom. The van der Waals surface area contributed by atoms with Gasteiger partial charge in [0, 0.05) is 6.61 Å². The Bertz CT molecular complexity index is 78.1. The van der Waals surface area contributed by atoms with E-state index < -0.39 is 12.3 Å². The first-order valence-electron chi connectivity index (χ1n) is 3.48. The Morgan fingerprint density at radius 3 is 2.20 bits per heavy atom. The van der Waals surface area contributed by atoms with Gasteiger partial charge in [0.15, 0.2) is 0 Å². The number of rotatable bonds is 5. The highest BCUT2D eigenvalue weighted by Crippen LogP contribution is 2.00. The highest BCUT2D eigenvalue weighted by Gasteiger charge is 2.07. The van der Waals surface area contributed by atoms with E-state index >= 15 is 0 Å². The van der Waals surface area contributed by atoms with Crippen LogP contribution in [-0.4, -0.2) is 29.1 Å². The molecule has 0 aliphatic heterocycles. The van der Waals surface area contributed by atoms with E-state index in [4.69, 9.17) is 21.7 Å². The first-order chi connectivity index (χ1) is 4.68. The van der Waals surface area contributed by atoms with E-state index in [0.717, 1.165) is 6.42 Å². The van der Waals surface area contributed by atoms with Crippen LogP contribution in [-0.2, 0) is 0 Å². The predicted octanol–water partition coefficient (Wildman–Crippen LogP) is -1.25. The van der Waals surface area contributed by atoms with Crippen molar-refractivity contribution in [3.8, 4) is 0 Å². The number of hydrogen-bond acceptors (Lipinski definition) is 4. The molecule has 0 fully saturated rings. The summed E-state index contributed by atoms with van der Waals surface area (Å²) < 4.78 is 0. The second-order valence-electron chi connectivity index (χ2n) is 2.36. The molecule has 6 N–H and O–H groups in total. The lowest BCUT2D eigenvalue weighted by Gasteiger charge is -2.12. The van der Waals surface area contributed by atoms with Crippen LogP contribution in [0.15, 0.2) is 0 Å². The predicted molar refractivity (Wildman–Crippen MR) is 39.1 cm³/mol. The minimum absolute atomic E-state index is 0.159. The Morgan fingerprint density at radius 1 is 1.20 bits per heavy atom. The summed E-state index contributed by atoms with van der Waals surface area (Å²) in [5, 5.41) is 17.4. The molecule has 0 aromatic heterocycles. The summed E-state index contributed by atoms with van der Waals surface area (Å²) in [7, 11) is 0. The van der Waals surface area contributed by atoms with Gasteiger partial charge < -0.3 is 21.7 Å². The minimum atomic E-state index is -0.654. The van der Waals surface area contributed by atoms with Crippen molar-refractivity contribution in [1.29, 1.82) is 0 Å². The van der Waals surface area contributed by atoms with Crippen LogP contribution >= 0.6 is 0 Å². The van der Waals surface area contributed by atoms with Crippen molar-refractivity contribution in [2.75, 3.05) is 6.61 Å². The van der Waals surface area contributed by atoms with Crippen molar-refractivity contribution in [2.45, 2.75) is 31.5 Å². The third kappa shape index (κ3) is 4.69. The van der Waals surface area contributed by atoms with E-state index in [9.17, 15) is 0 Å². The quantitative estimate of drug-likeness (QED) is 0.289. The van der Waals surface area contributed by atoms with Crippen molar-refractivity contribution in [2.24, 2.45) is 11.5 Å². The zero-order chi connectivity index (χ0) is 7.98.